The van der Waals surface area contributed by atoms with Crippen molar-refractivity contribution in [2.24, 2.45) is 0 Å². The third kappa shape index (κ3) is 4.17. The summed E-state index contributed by atoms with van der Waals surface area (Å²) >= 11 is 0. The molecule has 0 unspecified atom stereocenters. The Balaban J connectivity index is 1.39. The molecule has 166 valence electrons. The first kappa shape index (κ1) is 20.8. The van der Waals surface area contributed by atoms with Crippen LogP contribution in [0.15, 0.2) is 79.1 Å². The van der Waals surface area contributed by atoms with E-state index in [1.807, 2.05) is 71.6 Å². The van der Waals surface area contributed by atoms with Crippen LogP contribution in [-0.4, -0.2) is 54.1 Å². The number of fused-ring (bicyclic) bond motifs is 1. The van der Waals surface area contributed by atoms with Crippen molar-refractivity contribution in [2.45, 2.75) is 0 Å². The van der Waals surface area contributed by atoms with Gasteiger partial charge in [-0.15, -0.1) is 0 Å². The lowest BCUT2D eigenvalue weighted by Crippen LogP contribution is -2.49. The van der Waals surface area contributed by atoms with Gasteiger partial charge in [-0.1, -0.05) is 42.5 Å². The predicted molar refractivity (Wildman–Crippen MR) is 130 cm³/mol. The Hall–Kier alpha value is -4.13. The second kappa shape index (κ2) is 9.16. The molecular weight excluding hydrogens is 414 g/mol. The zero-order valence-electron chi connectivity index (χ0n) is 18.4. The van der Waals surface area contributed by atoms with Gasteiger partial charge in [-0.3, -0.25) is 4.79 Å². The molecule has 4 aromatic rings. The zero-order valence-corrected chi connectivity index (χ0v) is 18.4. The maximum Gasteiger partial charge on any atom is 0.256 e. The number of anilines is 3. The Morgan fingerprint density at radius 3 is 2.36 bits per heavy atom. The minimum absolute atomic E-state index is 0.00297. The van der Waals surface area contributed by atoms with Gasteiger partial charge in [-0.05, 0) is 29.7 Å². The number of methoxy groups -OCH3 is 1. The van der Waals surface area contributed by atoms with Gasteiger partial charge in [-0.25, -0.2) is 9.97 Å². The molecule has 7 heteroatoms. The second-order valence-corrected chi connectivity index (χ2v) is 7.86. The van der Waals surface area contributed by atoms with Gasteiger partial charge in [0.05, 0.1) is 18.4 Å². The highest BCUT2D eigenvalue weighted by Gasteiger charge is 2.25. The number of piperazine rings is 1. The van der Waals surface area contributed by atoms with Crippen LogP contribution in [0.3, 0.4) is 0 Å². The van der Waals surface area contributed by atoms with Crippen LogP contribution >= 0.6 is 0 Å². The first-order chi connectivity index (χ1) is 16.2. The molecule has 0 spiro atoms. The number of para-hydroxylation sites is 2. The van der Waals surface area contributed by atoms with E-state index in [4.69, 9.17) is 4.74 Å². The van der Waals surface area contributed by atoms with Crippen molar-refractivity contribution in [3.8, 4) is 5.75 Å². The van der Waals surface area contributed by atoms with Gasteiger partial charge in [0, 0.05) is 44.0 Å². The van der Waals surface area contributed by atoms with Crippen molar-refractivity contribution in [1.82, 2.24) is 14.9 Å². The molecule has 7 nitrogen and oxygen atoms in total. The average molecular weight is 440 g/mol. The summed E-state index contributed by atoms with van der Waals surface area (Å²) in [6.45, 7) is 2.79. The predicted octanol–water partition coefficient (Wildman–Crippen LogP) is 4.34. The molecule has 1 fully saturated rings. The Kier molecular flexibility index (Phi) is 5.76. The zero-order chi connectivity index (χ0) is 22.6. The highest BCUT2D eigenvalue weighted by Crippen LogP contribution is 2.31. The highest BCUT2D eigenvalue weighted by molar-refractivity contribution is 6.09. The summed E-state index contributed by atoms with van der Waals surface area (Å²) in [6.07, 6.45) is 3.47. The van der Waals surface area contributed by atoms with Crippen LogP contribution in [-0.2, 0) is 0 Å². The van der Waals surface area contributed by atoms with Crippen molar-refractivity contribution >= 4 is 34.0 Å². The smallest absolute Gasteiger partial charge is 0.256 e. The molecule has 1 aliphatic rings. The van der Waals surface area contributed by atoms with Crippen LogP contribution in [0.1, 0.15) is 10.4 Å². The van der Waals surface area contributed by atoms with Crippen LogP contribution in [0.4, 0.5) is 17.3 Å². The fraction of sp³-hybridized carbons (Fsp3) is 0.192. The number of ether oxygens (including phenoxy) is 1. The maximum atomic E-state index is 13.4. The van der Waals surface area contributed by atoms with E-state index >= 15 is 0 Å². The number of hydrogen-bond acceptors (Lipinski definition) is 6. The number of nitrogens with one attached hydrogen (secondary N) is 1. The van der Waals surface area contributed by atoms with Gasteiger partial charge in [0.25, 0.3) is 5.91 Å². The molecule has 0 bridgehead atoms. The Bertz CT molecular complexity index is 1270. The monoisotopic (exact) mass is 439 g/mol. The van der Waals surface area contributed by atoms with Gasteiger partial charge in [0.2, 0.25) is 0 Å². The summed E-state index contributed by atoms with van der Waals surface area (Å²) in [5.74, 6) is 2.37. The number of nitrogens with zero attached hydrogens (tertiary/aromatic N) is 4. The van der Waals surface area contributed by atoms with Crippen molar-refractivity contribution < 1.29 is 9.53 Å². The van der Waals surface area contributed by atoms with E-state index in [9.17, 15) is 4.79 Å². The molecule has 0 radical (unpaired) electrons. The largest absolute Gasteiger partial charge is 0.495 e. The standard InChI is InChI=1S/C26H25N5O2/c1-33-23-11-5-4-10-22(23)29-25-20-9-3-2-8-19(20)21(18-28-25)26(32)31-16-14-30(15-17-31)24-12-6-7-13-27-24/h2-13,18H,14-17H2,1H3,(H,28,29). The summed E-state index contributed by atoms with van der Waals surface area (Å²) in [5, 5.41) is 5.13. The molecule has 2 aromatic carbocycles. The van der Waals surface area contributed by atoms with Gasteiger partial charge in [0.15, 0.2) is 0 Å². The van der Waals surface area contributed by atoms with E-state index in [2.05, 4.69) is 20.2 Å². The molecule has 3 heterocycles. The summed E-state index contributed by atoms with van der Waals surface area (Å²) in [5.41, 5.74) is 1.44. The molecule has 1 amide bonds. The first-order valence-corrected chi connectivity index (χ1v) is 11.0. The van der Waals surface area contributed by atoms with E-state index < -0.39 is 0 Å². The van der Waals surface area contributed by atoms with E-state index in [-0.39, 0.29) is 5.91 Å². The number of carbonyl (C=O) groups is 1. The minimum Gasteiger partial charge on any atom is -0.495 e. The molecule has 33 heavy (non-hydrogen) atoms. The second-order valence-electron chi connectivity index (χ2n) is 7.86. The highest BCUT2D eigenvalue weighted by atomic mass is 16.5. The summed E-state index contributed by atoms with van der Waals surface area (Å²) in [7, 11) is 1.64. The van der Waals surface area contributed by atoms with Crippen LogP contribution < -0.4 is 15.0 Å². The lowest BCUT2D eigenvalue weighted by Gasteiger charge is -2.35. The Labute approximate surface area is 192 Å². The third-order valence-electron chi connectivity index (χ3n) is 5.93. The van der Waals surface area contributed by atoms with Gasteiger partial charge >= 0.3 is 0 Å². The number of aromatic nitrogens is 2. The lowest BCUT2D eigenvalue weighted by atomic mass is 10.1. The number of hydrogen-bond donors (Lipinski definition) is 1. The summed E-state index contributed by atoms with van der Waals surface area (Å²) < 4.78 is 5.45. The molecule has 0 aliphatic carbocycles. The van der Waals surface area contributed by atoms with E-state index in [0.29, 0.717) is 24.5 Å². The number of amides is 1. The SMILES string of the molecule is COc1ccccc1Nc1ncc(C(=O)N2CCN(c3ccccn3)CC2)c2ccccc12. The Morgan fingerprint density at radius 2 is 1.61 bits per heavy atom. The topological polar surface area (TPSA) is 70.6 Å². The first-order valence-electron chi connectivity index (χ1n) is 11.0. The molecule has 1 saturated heterocycles. The summed E-state index contributed by atoms with van der Waals surface area (Å²) in [4.78, 5) is 26.6. The van der Waals surface area contributed by atoms with Crippen LogP contribution in [0.5, 0.6) is 5.75 Å². The van der Waals surface area contributed by atoms with Gasteiger partial charge in [-0.2, -0.15) is 0 Å². The van der Waals surface area contributed by atoms with Crippen LogP contribution in [0.2, 0.25) is 0 Å². The van der Waals surface area contributed by atoms with Crippen molar-refractivity contribution in [3.05, 3.63) is 84.7 Å². The normalized spacial score (nSPS) is 13.7. The molecule has 1 N–H and O–H groups in total. The summed E-state index contributed by atoms with van der Waals surface area (Å²) in [6, 6.07) is 21.5. The molecule has 2 aromatic heterocycles. The van der Waals surface area contributed by atoms with E-state index in [1.54, 1.807) is 19.5 Å². The quantitative estimate of drug-likeness (QED) is 0.499. The van der Waals surface area contributed by atoms with Gasteiger partial charge in [0.1, 0.15) is 17.4 Å². The number of benzene rings is 2. The van der Waals surface area contributed by atoms with Gasteiger partial charge < -0.3 is 19.9 Å². The van der Waals surface area contributed by atoms with Crippen LogP contribution in [0, 0.1) is 0 Å². The average Bonchev–Trinajstić information content (AvgIpc) is 2.89. The molecular formula is C26H25N5O2. The number of pyridine rings is 2. The van der Waals surface area contributed by atoms with Crippen molar-refractivity contribution in [1.29, 1.82) is 0 Å². The Morgan fingerprint density at radius 1 is 0.879 bits per heavy atom. The van der Waals surface area contributed by atoms with E-state index in [1.165, 1.54) is 0 Å². The molecule has 0 atom stereocenters. The number of carbonyl (C=O) groups excluding carboxylic acids is 1. The fourth-order valence-corrected chi connectivity index (χ4v) is 4.19. The number of rotatable bonds is 5. The molecule has 1 aliphatic heterocycles. The van der Waals surface area contributed by atoms with E-state index in [0.717, 1.165) is 41.1 Å². The lowest BCUT2D eigenvalue weighted by molar-refractivity contribution is 0.0748. The minimum atomic E-state index is 0.00297. The van der Waals surface area contributed by atoms with Crippen molar-refractivity contribution in [3.63, 3.8) is 0 Å². The van der Waals surface area contributed by atoms with Crippen molar-refractivity contribution in [2.75, 3.05) is 43.5 Å². The molecule has 0 saturated carbocycles. The van der Waals surface area contributed by atoms with Crippen LogP contribution in [0.25, 0.3) is 10.8 Å². The maximum absolute atomic E-state index is 13.4. The fourth-order valence-electron chi connectivity index (χ4n) is 4.19. The third-order valence-corrected chi connectivity index (χ3v) is 5.93. The molecule has 5 rings (SSSR count).